The topological polar surface area (TPSA) is 68.3 Å². The lowest BCUT2D eigenvalue weighted by Crippen LogP contribution is -2.45. The molecular weight excluding hydrogens is 372 g/mol. The van der Waals surface area contributed by atoms with Crippen molar-refractivity contribution in [1.29, 1.82) is 0 Å². The Balaban J connectivity index is 1.47. The number of hydrogen-bond acceptors (Lipinski definition) is 5. The van der Waals surface area contributed by atoms with Crippen LogP contribution in [0, 0.1) is 0 Å². The van der Waals surface area contributed by atoms with Crippen LogP contribution in [0.3, 0.4) is 0 Å². The zero-order valence-corrected chi connectivity index (χ0v) is 16.4. The number of benzene rings is 2. The minimum absolute atomic E-state index is 0.0127. The summed E-state index contributed by atoms with van der Waals surface area (Å²) in [4.78, 5) is 29.4. The second-order valence-corrected chi connectivity index (χ2v) is 7.12. The minimum atomic E-state index is -0.230. The van der Waals surface area contributed by atoms with Crippen molar-refractivity contribution in [2.24, 2.45) is 0 Å². The van der Waals surface area contributed by atoms with E-state index in [1.54, 1.807) is 25.3 Å². The first-order valence-electron chi connectivity index (χ1n) is 9.68. The van der Waals surface area contributed by atoms with Gasteiger partial charge in [-0.15, -0.1) is 0 Å². The second-order valence-electron chi connectivity index (χ2n) is 7.12. The number of amides is 2. The molecule has 29 heavy (non-hydrogen) atoms. The summed E-state index contributed by atoms with van der Waals surface area (Å²) >= 11 is 0. The number of hydrogen-bond donors (Lipinski definition) is 0. The lowest BCUT2D eigenvalue weighted by atomic mass is 10.00. The molecular formula is C22H24N2O5. The summed E-state index contributed by atoms with van der Waals surface area (Å²) in [5, 5.41) is 0. The van der Waals surface area contributed by atoms with Gasteiger partial charge in [-0.05, 0) is 35.7 Å². The van der Waals surface area contributed by atoms with Gasteiger partial charge in [-0.1, -0.05) is 24.3 Å². The molecule has 0 aromatic heterocycles. The zero-order valence-electron chi connectivity index (χ0n) is 16.4. The Morgan fingerprint density at radius 2 is 1.90 bits per heavy atom. The third-order valence-electron chi connectivity index (χ3n) is 5.28. The monoisotopic (exact) mass is 396 g/mol. The van der Waals surface area contributed by atoms with Gasteiger partial charge in [0, 0.05) is 32.3 Å². The number of carbonyl (C=O) groups excluding carboxylic acids is 2. The van der Waals surface area contributed by atoms with E-state index in [4.69, 9.17) is 14.2 Å². The normalized spacial score (nSPS) is 14.4. The summed E-state index contributed by atoms with van der Waals surface area (Å²) < 4.78 is 15.8. The number of carbonyl (C=O) groups is 2. The smallest absolute Gasteiger partial charge is 0.254 e. The highest BCUT2D eigenvalue weighted by Crippen LogP contribution is 2.32. The number of methoxy groups -OCH3 is 1. The van der Waals surface area contributed by atoms with Gasteiger partial charge in [-0.2, -0.15) is 0 Å². The number of nitrogens with zero attached hydrogens (tertiary/aromatic N) is 2. The number of rotatable bonds is 6. The van der Waals surface area contributed by atoms with Crippen LogP contribution in [-0.4, -0.2) is 61.8 Å². The largest absolute Gasteiger partial charge is 0.454 e. The maximum atomic E-state index is 13.1. The highest BCUT2D eigenvalue weighted by atomic mass is 16.7. The van der Waals surface area contributed by atoms with Gasteiger partial charge in [0.05, 0.1) is 6.61 Å². The first kappa shape index (κ1) is 19.3. The van der Waals surface area contributed by atoms with Crippen molar-refractivity contribution in [1.82, 2.24) is 9.80 Å². The maximum absolute atomic E-state index is 13.1. The van der Waals surface area contributed by atoms with Crippen LogP contribution in [0.5, 0.6) is 11.5 Å². The van der Waals surface area contributed by atoms with Crippen molar-refractivity contribution < 1.29 is 23.8 Å². The minimum Gasteiger partial charge on any atom is -0.454 e. The van der Waals surface area contributed by atoms with Gasteiger partial charge in [-0.3, -0.25) is 9.59 Å². The van der Waals surface area contributed by atoms with Crippen LogP contribution in [0.25, 0.3) is 0 Å². The SMILES string of the molecule is COCCN(CC(=O)N1CCc2ccccc2C1)C(=O)c1ccc2c(c1)OCO2. The average Bonchev–Trinajstić information content (AvgIpc) is 3.23. The molecule has 7 heteroatoms. The number of ether oxygens (including phenoxy) is 3. The van der Waals surface area contributed by atoms with Crippen LogP contribution in [-0.2, 0) is 22.5 Å². The molecule has 2 aliphatic rings. The predicted molar refractivity (Wildman–Crippen MR) is 106 cm³/mol. The van der Waals surface area contributed by atoms with Crippen LogP contribution in [0.1, 0.15) is 21.5 Å². The third-order valence-corrected chi connectivity index (χ3v) is 5.28. The molecule has 0 radical (unpaired) electrons. The van der Waals surface area contributed by atoms with Crippen molar-refractivity contribution in [3.63, 3.8) is 0 Å². The molecule has 0 unspecified atom stereocenters. The fourth-order valence-corrected chi connectivity index (χ4v) is 3.64. The highest BCUT2D eigenvalue weighted by Gasteiger charge is 2.26. The van der Waals surface area contributed by atoms with Gasteiger partial charge >= 0.3 is 0 Å². The summed E-state index contributed by atoms with van der Waals surface area (Å²) in [5.41, 5.74) is 2.91. The Morgan fingerprint density at radius 3 is 2.72 bits per heavy atom. The van der Waals surface area contributed by atoms with Crippen LogP contribution in [0.2, 0.25) is 0 Å². The summed E-state index contributed by atoms with van der Waals surface area (Å²) in [6.07, 6.45) is 0.829. The van der Waals surface area contributed by atoms with Crippen LogP contribution in [0.4, 0.5) is 0 Å². The molecule has 0 aliphatic carbocycles. The first-order valence-corrected chi connectivity index (χ1v) is 9.68. The molecule has 0 fully saturated rings. The second kappa shape index (κ2) is 8.53. The standard InChI is InChI=1S/C22H24N2O5/c1-27-11-10-24(22(26)17-6-7-19-20(12-17)29-15-28-19)14-21(25)23-9-8-16-4-2-3-5-18(16)13-23/h2-7,12H,8-11,13-15H2,1H3. The van der Waals surface area contributed by atoms with Gasteiger partial charge in [0.2, 0.25) is 12.7 Å². The van der Waals surface area contributed by atoms with E-state index < -0.39 is 0 Å². The Kier molecular flexibility index (Phi) is 5.67. The van der Waals surface area contributed by atoms with Crippen molar-refractivity contribution >= 4 is 11.8 Å². The molecule has 7 nitrogen and oxygen atoms in total. The quantitative estimate of drug-likeness (QED) is 0.748. The summed E-state index contributed by atoms with van der Waals surface area (Å²) in [6, 6.07) is 13.2. The average molecular weight is 396 g/mol. The van der Waals surface area contributed by atoms with Gasteiger partial charge < -0.3 is 24.0 Å². The fraction of sp³-hybridized carbons (Fsp3) is 0.364. The molecule has 2 heterocycles. The Morgan fingerprint density at radius 1 is 1.10 bits per heavy atom. The van der Waals surface area contributed by atoms with Crippen molar-refractivity contribution in [3.05, 3.63) is 59.2 Å². The van der Waals surface area contributed by atoms with E-state index in [9.17, 15) is 9.59 Å². The van der Waals surface area contributed by atoms with Gasteiger partial charge in [-0.25, -0.2) is 0 Å². The molecule has 2 aliphatic heterocycles. The Bertz CT molecular complexity index is 914. The molecule has 0 saturated carbocycles. The molecule has 0 N–H and O–H groups in total. The Hall–Kier alpha value is -3.06. The maximum Gasteiger partial charge on any atom is 0.254 e. The summed E-state index contributed by atoms with van der Waals surface area (Å²) in [5.74, 6) is 0.866. The lowest BCUT2D eigenvalue weighted by molar-refractivity contribution is -0.133. The van der Waals surface area contributed by atoms with E-state index in [-0.39, 0.29) is 25.2 Å². The van der Waals surface area contributed by atoms with Crippen LogP contribution in [0.15, 0.2) is 42.5 Å². The molecule has 4 rings (SSSR count). The highest BCUT2D eigenvalue weighted by molar-refractivity contribution is 5.97. The van der Waals surface area contributed by atoms with Gasteiger partial charge in [0.15, 0.2) is 11.5 Å². The zero-order chi connectivity index (χ0) is 20.2. The van der Waals surface area contributed by atoms with E-state index in [0.717, 1.165) is 12.0 Å². The summed E-state index contributed by atoms with van der Waals surface area (Å²) in [7, 11) is 1.58. The molecule has 2 aromatic carbocycles. The third kappa shape index (κ3) is 4.19. The van der Waals surface area contributed by atoms with Crippen molar-refractivity contribution in [3.8, 4) is 11.5 Å². The van der Waals surface area contributed by atoms with E-state index >= 15 is 0 Å². The summed E-state index contributed by atoms with van der Waals surface area (Å²) in [6.45, 7) is 2.08. The van der Waals surface area contributed by atoms with Gasteiger partial charge in [0.25, 0.3) is 5.91 Å². The molecule has 0 bridgehead atoms. The molecule has 0 atom stereocenters. The van der Waals surface area contributed by atoms with Crippen LogP contribution >= 0.6 is 0 Å². The molecule has 2 amide bonds. The Labute approximate surface area is 169 Å². The van der Waals surface area contributed by atoms with E-state index in [1.807, 2.05) is 17.0 Å². The van der Waals surface area contributed by atoms with Crippen molar-refractivity contribution in [2.45, 2.75) is 13.0 Å². The van der Waals surface area contributed by atoms with E-state index in [1.165, 1.54) is 10.5 Å². The lowest BCUT2D eigenvalue weighted by Gasteiger charge is -2.31. The van der Waals surface area contributed by atoms with Crippen LogP contribution < -0.4 is 9.47 Å². The first-order chi connectivity index (χ1) is 14.2. The number of fused-ring (bicyclic) bond motifs is 2. The van der Waals surface area contributed by atoms with E-state index in [0.29, 0.717) is 43.3 Å². The molecule has 0 spiro atoms. The van der Waals surface area contributed by atoms with Gasteiger partial charge in [0.1, 0.15) is 6.54 Å². The van der Waals surface area contributed by atoms with Crippen molar-refractivity contribution in [2.75, 3.05) is 40.1 Å². The molecule has 2 aromatic rings. The molecule has 0 saturated heterocycles. The predicted octanol–water partition coefficient (Wildman–Crippen LogP) is 2.09. The fourth-order valence-electron chi connectivity index (χ4n) is 3.64. The van der Waals surface area contributed by atoms with E-state index in [2.05, 4.69) is 12.1 Å². The molecule has 152 valence electrons.